The zero-order chi connectivity index (χ0) is 21.5. The van der Waals surface area contributed by atoms with E-state index in [4.69, 9.17) is 9.47 Å². The van der Waals surface area contributed by atoms with Crippen LogP contribution in [0.15, 0.2) is 18.2 Å². The van der Waals surface area contributed by atoms with E-state index in [1.807, 2.05) is 0 Å². The first-order valence-electron chi connectivity index (χ1n) is 10.5. The topological polar surface area (TPSA) is 126 Å². The SMILES string of the molecule is O=C1CCC(N2C(=O)c3cccc(CNC[C@@H]4CN[C@H]5COC[C@@H]5O4)c3C2=O)C(=O)N1. The molecule has 1 aromatic carbocycles. The number of benzene rings is 1. The third-order valence-corrected chi connectivity index (χ3v) is 6.25. The number of rotatable bonds is 5. The molecule has 0 spiro atoms. The van der Waals surface area contributed by atoms with Crippen LogP contribution in [0.25, 0.3) is 0 Å². The van der Waals surface area contributed by atoms with Gasteiger partial charge in [0, 0.05) is 26.1 Å². The first-order valence-corrected chi connectivity index (χ1v) is 10.5. The van der Waals surface area contributed by atoms with Crippen molar-refractivity contribution in [2.24, 2.45) is 0 Å². The summed E-state index contributed by atoms with van der Waals surface area (Å²) >= 11 is 0. The van der Waals surface area contributed by atoms with Gasteiger partial charge in [0.2, 0.25) is 11.8 Å². The van der Waals surface area contributed by atoms with Gasteiger partial charge in [0.15, 0.2) is 0 Å². The molecule has 0 aromatic heterocycles. The van der Waals surface area contributed by atoms with Crippen LogP contribution in [0, 0.1) is 0 Å². The van der Waals surface area contributed by atoms with Crippen LogP contribution < -0.4 is 16.0 Å². The fourth-order valence-electron chi connectivity index (χ4n) is 4.66. The molecule has 0 radical (unpaired) electrons. The van der Waals surface area contributed by atoms with Crippen LogP contribution in [-0.2, 0) is 25.6 Å². The van der Waals surface area contributed by atoms with Gasteiger partial charge in [-0.2, -0.15) is 0 Å². The first-order chi connectivity index (χ1) is 15.0. The number of amides is 4. The standard InChI is InChI=1S/C21H24N4O6/c26-17-5-4-15(19(27)24-17)25-20(28)13-3-1-2-11(18(13)21(25)29)6-22-7-12-8-23-14-9-30-10-16(14)31-12/h1-3,12,14-16,22-23H,4-10H2,(H,24,26,27)/t12-,14+,15?,16+/m1/s1. The summed E-state index contributed by atoms with van der Waals surface area (Å²) < 4.78 is 11.5. The Morgan fingerprint density at radius 1 is 1.13 bits per heavy atom. The number of ether oxygens (including phenoxy) is 2. The molecule has 10 nitrogen and oxygen atoms in total. The van der Waals surface area contributed by atoms with Gasteiger partial charge in [-0.3, -0.25) is 29.4 Å². The summed E-state index contributed by atoms with van der Waals surface area (Å²) in [5.74, 6) is -1.99. The zero-order valence-electron chi connectivity index (χ0n) is 16.9. The van der Waals surface area contributed by atoms with E-state index in [9.17, 15) is 19.2 Å². The Morgan fingerprint density at radius 2 is 2.00 bits per heavy atom. The van der Waals surface area contributed by atoms with Crippen molar-refractivity contribution in [3.05, 3.63) is 34.9 Å². The number of carbonyl (C=O) groups is 4. The van der Waals surface area contributed by atoms with E-state index < -0.39 is 29.7 Å². The third kappa shape index (κ3) is 3.65. The molecule has 1 aromatic rings. The van der Waals surface area contributed by atoms with E-state index in [1.165, 1.54) is 0 Å². The van der Waals surface area contributed by atoms with Gasteiger partial charge in [0.05, 0.1) is 42.6 Å². The number of fused-ring (bicyclic) bond motifs is 2. The smallest absolute Gasteiger partial charge is 0.262 e. The molecule has 4 aliphatic rings. The van der Waals surface area contributed by atoms with E-state index in [0.29, 0.717) is 44.0 Å². The summed E-state index contributed by atoms with van der Waals surface area (Å²) in [4.78, 5) is 50.6. The predicted molar refractivity (Wildman–Crippen MR) is 106 cm³/mol. The predicted octanol–water partition coefficient (Wildman–Crippen LogP) is -1.07. The summed E-state index contributed by atoms with van der Waals surface area (Å²) in [6, 6.07) is 4.41. The zero-order valence-corrected chi connectivity index (χ0v) is 16.9. The first kappa shape index (κ1) is 20.3. The van der Waals surface area contributed by atoms with Crippen molar-refractivity contribution in [1.29, 1.82) is 0 Å². The Bertz CT molecular complexity index is 950. The highest BCUT2D eigenvalue weighted by Crippen LogP contribution is 2.30. The van der Waals surface area contributed by atoms with Crippen LogP contribution >= 0.6 is 0 Å². The van der Waals surface area contributed by atoms with E-state index in [2.05, 4.69) is 16.0 Å². The number of piperidine rings is 1. The molecule has 1 unspecified atom stereocenters. The lowest BCUT2D eigenvalue weighted by Gasteiger charge is -2.32. The Kier molecular flexibility index (Phi) is 5.30. The van der Waals surface area contributed by atoms with Crippen LogP contribution in [0.1, 0.15) is 39.1 Å². The Hall–Kier alpha value is -2.66. The van der Waals surface area contributed by atoms with Crippen molar-refractivity contribution in [2.45, 2.75) is 43.7 Å². The molecule has 0 saturated carbocycles. The minimum Gasteiger partial charge on any atom is -0.377 e. The van der Waals surface area contributed by atoms with Gasteiger partial charge in [0.25, 0.3) is 11.8 Å². The maximum absolute atomic E-state index is 13.1. The van der Waals surface area contributed by atoms with E-state index in [-0.39, 0.29) is 36.7 Å². The number of nitrogens with zero attached hydrogens (tertiary/aromatic N) is 1. The molecule has 0 aliphatic carbocycles. The highest BCUT2D eigenvalue weighted by molar-refractivity contribution is 6.24. The number of hydrogen-bond acceptors (Lipinski definition) is 8. The maximum atomic E-state index is 13.1. The molecule has 4 amide bonds. The lowest BCUT2D eigenvalue weighted by molar-refractivity contribution is -0.136. The summed E-state index contributed by atoms with van der Waals surface area (Å²) in [5.41, 5.74) is 1.30. The fourth-order valence-corrected chi connectivity index (χ4v) is 4.66. The molecule has 3 fully saturated rings. The normalized spacial score (nSPS) is 30.4. The number of imide groups is 2. The van der Waals surface area contributed by atoms with Crippen LogP contribution in [-0.4, -0.2) is 79.1 Å². The van der Waals surface area contributed by atoms with Crippen LogP contribution in [0.3, 0.4) is 0 Å². The van der Waals surface area contributed by atoms with Gasteiger partial charge >= 0.3 is 0 Å². The second-order valence-corrected chi connectivity index (χ2v) is 8.27. The van der Waals surface area contributed by atoms with Gasteiger partial charge < -0.3 is 20.1 Å². The molecular formula is C21H24N4O6. The Morgan fingerprint density at radius 3 is 2.84 bits per heavy atom. The second kappa shape index (κ2) is 8.12. The third-order valence-electron chi connectivity index (χ3n) is 6.25. The molecule has 31 heavy (non-hydrogen) atoms. The molecule has 4 atom stereocenters. The van der Waals surface area contributed by atoms with Crippen molar-refractivity contribution in [2.75, 3.05) is 26.3 Å². The van der Waals surface area contributed by atoms with Crippen LogP contribution in [0.5, 0.6) is 0 Å². The van der Waals surface area contributed by atoms with Crippen molar-refractivity contribution >= 4 is 23.6 Å². The summed E-state index contributed by atoms with van der Waals surface area (Å²) in [7, 11) is 0. The van der Waals surface area contributed by atoms with Crippen LogP contribution in [0.4, 0.5) is 0 Å². The lowest BCUT2D eigenvalue weighted by atomic mass is 10.0. The van der Waals surface area contributed by atoms with Crippen molar-refractivity contribution < 1.29 is 28.7 Å². The number of nitrogens with one attached hydrogen (secondary N) is 3. The lowest BCUT2D eigenvalue weighted by Crippen LogP contribution is -2.54. The number of morpholine rings is 1. The van der Waals surface area contributed by atoms with Gasteiger partial charge in [-0.05, 0) is 18.1 Å². The minimum atomic E-state index is -0.964. The molecule has 0 bridgehead atoms. The fraction of sp³-hybridized carbons (Fsp3) is 0.524. The maximum Gasteiger partial charge on any atom is 0.262 e. The van der Waals surface area contributed by atoms with E-state index >= 15 is 0 Å². The van der Waals surface area contributed by atoms with Crippen molar-refractivity contribution in [3.63, 3.8) is 0 Å². The van der Waals surface area contributed by atoms with Crippen molar-refractivity contribution in [3.8, 4) is 0 Å². The number of carbonyl (C=O) groups excluding carboxylic acids is 4. The molecule has 164 valence electrons. The Balaban J connectivity index is 1.26. The highest BCUT2D eigenvalue weighted by Gasteiger charge is 2.45. The van der Waals surface area contributed by atoms with Crippen molar-refractivity contribution in [1.82, 2.24) is 20.9 Å². The number of hydrogen-bond donors (Lipinski definition) is 3. The van der Waals surface area contributed by atoms with Gasteiger partial charge in [-0.1, -0.05) is 12.1 Å². The summed E-state index contributed by atoms with van der Waals surface area (Å²) in [6.45, 7) is 2.94. The van der Waals surface area contributed by atoms with Gasteiger partial charge in [-0.15, -0.1) is 0 Å². The van der Waals surface area contributed by atoms with Gasteiger partial charge in [0.1, 0.15) is 6.04 Å². The highest BCUT2D eigenvalue weighted by atomic mass is 16.6. The molecule has 4 aliphatic heterocycles. The van der Waals surface area contributed by atoms with E-state index in [1.54, 1.807) is 18.2 Å². The molecular weight excluding hydrogens is 404 g/mol. The van der Waals surface area contributed by atoms with Gasteiger partial charge in [-0.25, -0.2) is 0 Å². The summed E-state index contributed by atoms with van der Waals surface area (Å²) in [5, 5.41) is 8.95. The average Bonchev–Trinajstić information content (AvgIpc) is 3.32. The molecule has 3 N–H and O–H groups in total. The molecule has 10 heteroatoms. The molecule has 3 saturated heterocycles. The van der Waals surface area contributed by atoms with E-state index in [0.717, 1.165) is 4.90 Å². The largest absolute Gasteiger partial charge is 0.377 e. The minimum absolute atomic E-state index is 0.0167. The monoisotopic (exact) mass is 428 g/mol. The molecule has 5 rings (SSSR count). The summed E-state index contributed by atoms with van der Waals surface area (Å²) in [6.07, 6.45) is 0.280. The van der Waals surface area contributed by atoms with Crippen LogP contribution in [0.2, 0.25) is 0 Å². The molecule has 4 heterocycles. The Labute approximate surface area is 178 Å². The second-order valence-electron chi connectivity index (χ2n) is 8.27. The quantitative estimate of drug-likeness (QED) is 0.507. The average molecular weight is 428 g/mol.